The van der Waals surface area contributed by atoms with E-state index in [0.29, 0.717) is 44.6 Å². The average Bonchev–Trinajstić information content (AvgIpc) is 2.81. The zero-order chi connectivity index (χ0) is 25.3. The molecular weight excluding hydrogens is 452 g/mol. The number of piperazine rings is 1. The summed E-state index contributed by atoms with van der Waals surface area (Å²) in [4.78, 5) is 27.8. The van der Waals surface area contributed by atoms with E-state index in [2.05, 4.69) is 18.1 Å². The molecule has 0 atom stereocenters. The number of carbonyl (C=O) groups is 2. The fourth-order valence-electron chi connectivity index (χ4n) is 3.48. The van der Waals surface area contributed by atoms with Gasteiger partial charge in [-0.05, 0) is 23.8 Å². The first kappa shape index (κ1) is 26.5. The van der Waals surface area contributed by atoms with Gasteiger partial charge in [0.05, 0.1) is 23.9 Å². The molecule has 1 aromatic rings. The smallest absolute Gasteiger partial charge is 0.365 e. The number of halogens is 4. The van der Waals surface area contributed by atoms with Crippen LogP contribution in [-0.2, 0) is 22.3 Å². The molecule has 0 aliphatic carbocycles. The summed E-state index contributed by atoms with van der Waals surface area (Å²) >= 11 is 0. The Morgan fingerprint density at radius 1 is 1.21 bits per heavy atom. The Hall–Kier alpha value is -3.71. The van der Waals surface area contributed by atoms with Gasteiger partial charge in [-0.25, -0.2) is 4.39 Å². The topological polar surface area (TPSA) is 67.7 Å². The molecule has 0 saturated carbocycles. The van der Waals surface area contributed by atoms with Gasteiger partial charge in [0.25, 0.3) is 0 Å². The largest absolute Gasteiger partial charge is 0.416 e. The van der Waals surface area contributed by atoms with Crippen molar-refractivity contribution in [2.45, 2.75) is 12.7 Å². The van der Waals surface area contributed by atoms with Crippen molar-refractivity contribution in [1.29, 1.82) is 5.26 Å². The highest BCUT2D eigenvalue weighted by Gasteiger charge is 2.34. The summed E-state index contributed by atoms with van der Waals surface area (Å²) in [6, 6.07) is 4.51. The van der Waals surface area contributed by atoms with Gasteiger partial charge in [-0.3, -0.25) is 14.5 Å². The molecule has 1 aromatic carbocycles. The minimum absolute atomic E-state index is 0.0917. The van der Waals surface area contributed by atoms with Crippen LogP contribution < -0.4 is 0 Å². The van der Waals surface area contributed by atoms with Crippen molar-refractivity contribution < 1.29 is 27.2 Å². The van der Waals surface area contributed by atoms with Crippen LogP contribution >= 0.6 is 0 Å². The van der Waals surface area contributed by atoms with Crippen LogP contribution in [0.1, 0.15) is 11.1 Å². The van der Waals surface area contributed by atoms with Crippen molar-refractivity contribution in [3.63, 3.8) is 0 Å². The zero-order valence-electron chi connectivity index (χ0n) is 18.4. The first-order valence-corrected chi connectivity index (χ1v) is 10.2. The summed E-state index contributed by atoms with van der Waals surface area (Å²) < 4.78 is 53.9. The van der Waals surface area contributed by atoms with Gasteiger partial charge in [0, 0.05) is 50.1 Å². The van der Waals surface area contributed by atoms with Crippen LogP contribution in [0.25, 0.3) is 0 Å². The molecule has 0 unspecified atom stereocenters. The van der Waals surface area contributed by atoms with Crippen LogP contribution in [0.3, 0.4) is 0 Å². The molecule has 0 spiro atoms. The number of amides is 1. The number of aldehydes is 1. The number of carbonyl (C=O) groups excluding carboxylic acids is 2. The molecule has 34 heavy (non-hydrogen) atoms. The molecule has 0 aromatic heterocycles. The summed E-state index contributed by atoms with van der Waals surface area (Å²) in [7, 11) is 0. The fourth-order valence-corrected chi connectivity index (χ4v) is 3.48. The van der Waals surface area contributed by atoms with Gasteiger partial charge in [-0.1, -0.05) is 25.3 Å². The molecule has 0 N–H and O–H groups in total. The third-order valence-electron chi connectivity index (χ3n) is 5.23. The lowest BCUT2D eigenvalue weighted by atomic mass is 10.1. The molecule has 1 amide bonds. The van der Waals surface area contributed by atoms with Crippen molar-refractivity contribution in [3.05, 3.63) is 83.5 Å². The molecule has 10 heteroatoms. The predicted molar refractivity (Wildman–Crippen MR) is 118 cm³/mol. The summed E-state index contributed by atoms with van der Waals surface area (Å²) in [5.41, 5.74) is -0.662. The van der Waals surface area contributed by atoms with E-state index in [9.17, 15) is 27.2 Å². The number of nitriles is 1. The van der Waals surface area contributed by atoms with Crippen LogP contribution in [0.4, 0.5) is 17.6 Å². The Bertz CT molecular complexity index is 1030. The molecule has 6 nitrogen and oxygen atoms in total. The van der Waals surface area contributed by atoms with Gasteiger partial charge in [-0.2, -0.15) is 18.4 Å². The lowest BCUT2D eigenvalue weighted by molar-refractivity contribution is -0.139. The van der Waals surface area contributed by atoms with Gasteiger partial charge in [0.2, 0.25) is 6.41 Å². The van der Waals surface area contributed by atoms with Crippen LogP contribution in [0, 0.1) is 17.1 Å². The monoisotopic (exact) mass is 476 g/mol. The molecule has 1 aliphatic rings. The Balaban J connectivity index is 2.12. The second kappa shape index (κ2) is 12.0. The van der Waals surface area contributed by atoms with E-state index in [0.717, 1.165) is 34.9 Å². The van der Waals surface area contributed by atoms with E-state index in [1.165, 1.54) is 0 Å². The maximum Gasteiger partial charge on any atom is 0.416 e. The summed E-state index contributed by atoms with van der Waals surface area (Å²) in [5, 5.41) is 8.87. The van der Waals surface area contributed by atoms with E-state index < -0.39 is 29.7 Å². The van der Waals surface area contributed by atoms with E-state index in [-0.39, 0.29) is 12.1 Å². The quantitative estimate of drug-likeness (QED) is 0.170. The van der Waals surface area contributed by atoms with E-state index in [1.807, 2.05) is 6.07 Å². The second-order valence-corrected chi connectivity index (χ2v) is 7.54. The van der Waals surface area contributed by atoms with E-state index in [1.54, 1.807) is 17.1 Å². The standard InChI is InChI=1S/C24H24F4N4O2/c1-3-19(11-18(2)12-29)13-30-7-9-32(10-8-30)20(16-33)14-31(17-34)15-21-22(24(26,27)28)5-4-6-23(21)25/h3-6,11,14,16-17H,1-2,7-10,13,15H2/b19-11+,20-14+. The van der Waals surface area contributed by atoms with E-state index >= 15 is 0 Å². The Morgan fingerprint density at radius 3 is 2.41 bits per heavy atom. The number of hydrogen-bond acceptors (Lipinski definition) is 5. The molecule has 0 bridgehead atoms. The summed E-state index contributed by atoms with van der Waals surface area (Å²) in [6.07, 6.45) is 0.341. The molecule has 1 fully saturated rings. The van der Waals surface area contributed by atoms with Crippen molar-refractivity contribution >= 4 is 12.7 Å². The van der Waals surface area contributed by atoms with Crippen molar-refractivity contribution in [1.82, 2.24) is 14.7 Å². The molecule has 1 heterocycles. The van der Waals surface area contributed by atoms with Gasteiger partial charge < -0.3 is 9.80 Å². The lowest BCUT2D eigenvalue weighted by Crippen LogP contribution is -2.46. The molecule has 1 saturated heterocycles. The minimum Gasteiger partial charge on any atom is -0.365 e. The molecular formula is C24H24F4N4O2. The van der Waals surface area contributed by atoms with Crippen molar-refractivity contribution in [3.8, 4) is 6.07 Å². The minimum atomic E-state index is -4.79. The maximum absolute atomic E-state index is 14.1. The Labute approximate surface area is 195 Å². The molecule has 180 valence electrons. The molecule has 1 aliphatic heterocycles. The number of alkyl halides is 3. The Morgan fingerprint density at radius 2 is 1.88 bits per heavy atom. The third-order valence-corrected chi connectivity index (χ3v) is 5.23. The second-order valence-electron chi connectivity index (χ2n) is 7.54. The van der Waals surface area contributed by atoms with Gasteiger partial charge in [-0.15, -0.1) is 0 Å². The highest BCUT2D eigenvalue weighted by atomic mass is 19.4. The zero-order valence-corrected chi connectivity index (χ0v) is 18.4. The first-order chi connectivity index (χ1) is 16.1. The van der Waals surface area contributed by atoms with Crippen LogP contribution in [0.15, 0.2) is 66.6 Å². The number of nitrogens with zero attached hydrogens (tertiary/aromatic N) is 4. The number of allylic oxidation sites excluding steroid dienone is 3. The van der Waals surface area contributed by atoms with Gasteiger partial charge >= 0.3 is 6.18 Å². The van der Waals surface area contributed by atoms with Crippen molar-refractivity contribution in [2.75, 3.05) is 32.7 Å². The predicted octanol–water partition coefficient (Wildman–Crippen LogP) is 3.65. The fraction of sp³-hybridized carbons (Fsp3) is 0.292. The molecule has 2 rings (SSSR count). The summed E-state index contributed by atoms with van der Waals surface area (Å²) in [6.45, 7) is 9.09. The van der Waals surface area contributed by atoms with E-state index in [4.69, 9.17) is 5.26 Å². The Kier molecular flexibility index (Phi) is 9.33. The number of hydrogen-bond donors (Lipinski definition) is 0. The maximum atomic E-state index is 14.1. The highest BCUT2D eigenvalue weighted by molar-refractivity contribution is 5.73. The number of benzene rings is 1. The van der Waals surface area contributed by atoms with Crippen molar-refractivity contribution in [2.24, 2.45) is 0 Å². The molecule has 0 radical (unpaired) electrons. The van der Waals surface area contributed by atoms with Gasteiger partial charge in [0.15, 0.2) is 6.29 Å². The highest BCUT2D eigenvalue weighted by Crippen LogP contribution is 2.33. The summed E-state index contributed by atoms with van der Waals surface area (Å²) in [5.74, 6) is -1.10. The third kappa shape index (κ3) is 7.15. The van der Waals surface area contributed by atoms with Crippen LogP contribution in [0.5, 0.6) is 0 Å². The average molecular weight is 476 g/mol. The van der Waals surface area contributed by atoms with Crippen LogP contribution in [0.2, 0.25) is 0 Å². The van der Waals surface area contributed by atoms with Gasteiger partial charge in [0.1, 0.15) is 5.82 Å². The number of rotatable bonds is 10. The lowest BCUT2D eigenvalue weighted by Gasteiger charge is -2.36. The SMILES string of the molecule is C=C/C(=C\C(=C)C#N)CN1CCN(/C(C=O)=C/N(C=O)Cc2c(F)cccc2C(F)(F)F)CC1. The first-order valence-electron chi connectivity index (χ1n) is 10.2. The van der Waals surface area contributed by atoms with Crippen LogP contribution in [-0.4, -0.2) is 60.1 Å². The normalized spacial score (nSPS) is 15.4.